The lowest BCUT2D eigenvalue weighted by Crippen LogP contribution is -2.48. The number of hydrogen-bond acceptors (Lipinski definition) is 5. The van der Waals surface area contributed by atoms with Crippen molar-refractivity contribution in [2.24, 2.45) is 0 Å². The van der Waals surface area contributed by atoms with Crippen LogP contribution in [-0.4, -0.2) is 48.1 Å². The second-order valence-corrected chi connectivity index (χ2v) is 6.92. The number of imide groups is 1. The number of hydrogen-bond donors (Lipinski definition) is 1. The molecule has 1 aliphatic heterocycles. The minimum Gasteiger partial charge on any atom is -0.490 e. The van der Waals surface area contributed by atoms with Gasteiger partial charge in [-0.2, -0.15) is 0 Å². The van der Waals surface area contributed by atoms with Crippen molar-refractivity contribution >= 4 is 29.5 Å². The fourth-order valence-electron chi connectivity index (χ4n) is 3.33. The summed E-state index contributed by atoms with van der Waals surface area (Å²) in [5.41, 5.74) is -0.826. The summed E-state index contributed by atoms with van der Waals surface area (Å²) in [6.07, 6.45) is 4.09. The van der Waals surface area contributed by atoms with E-state index in [9.17, 15) is 14.4 Å². The third kappa shape index (κ3) is 4.09. The molecular formula is C18H21ClN2O5. The average molecular weight is 381 g/mol. The quantitative estimate of drug-likeness (QED) is 0.465. The molecule has 1 spiro atoms. The second-order valence-electron chi connectivity index (χ2n) is 6.49. The van der Waals surface area contributed by atoms with Crippen molar-refractivity contribution < 1.29 is 23.9 Å². The molecular weight excluding hydrogens is 360 g/mol. The Labute approximate surface area is 156 Å². The van der Waals surface area contributed by atoms with Gasteiger partial charge in [0.2, 0.25) is 0 Å². The van der Waals surface area contributed by atoms with E-state index in [-0.39, 0.29) is 25.7 Å². The molecule has 3 rings (SSSR count). The second kappa shape index (κ2) is 7.95. The molecule has 1 heterocycles. The van der Waals surface area contributed by atoms with Gasteiger partial charge >= 0.3 is 12.0 Å². The number of carbonyl (C=O) groups is 3. The zero-order chi connectivity index (χ0) is 18.6. The molecule has 0 aromatic heterocycles. The number of benzene rings is 1. The first kappa shape index (κ1) is 18.5. The van der Waals surface area contributed by atoms with Gasteiger partial charge in [-0.25, -0.2) is 4.79 Å². The molecule has 26 heavy (non-hydrogen) atoms. The first-order chi connectivity index (χ1) is 12.5. The largest absolute Gasteiger partial charge is 0.490 e. The Morgan fingerprint density at radius 2 is 1.81 bits per heavy atom. The van der Waals surface area contributed by atoms with Crippen molar-refractivity contribution in [2.45, 2.75) is 37.6 Å². The predicted molar refractivity (Wildman–Crippen MR) is 94.0 cm³/mol. The molecule has 140 valence electrons. The minimum atomic E-state index is -0.826. The van der Waals surface area contributed by atoms with Crippen LogP contribution in [0.3, 0.4) is 0 Å². The molecule has 0 radical (unpaired) electrons. The van der Waals surface area contributed by atoms with Crippen LogP contribution in [0.2, 0.25) is 5.02 Å². The maximum atomic E-state index is 12.6. The van der Waals surface area contributed by atoms with Crippen LogP contribution in [0.5, 0.6) is 5.75 Å². The van der Waals surface area contributed by atoms with E-state index in [1.807, 2.05) is 0 Å². The summed E-state index contributed by atoms with van der Waals surface area (Å²) in [6.45, 7) is -0.193. The van der Waals surface area contributed by atoms with Gasteiger partial charge in [0.25, 0.3) is 5.91 Å². The van der Waals surface area contributed by atoms with Crippen molar-refractivity contribution in [3.05, 3.63) is 29.3 Å². The average Bonchev–Trinajstić information content (AvgIpc) is 2.85. The van der Waals surface area contributed by atoms with Gasteiger partial charge in [0.15, 0.2) is 0 Å². The number of amides is 3. The highest BCUT2D eigenvalue weighted by Crippen LogP contribution is 2.33. The van der Waals surface area contributed by atoms with E-state index in [0.717, 1.165) is 24.2 Å². The van der Waals surface area contributed by atoms with Crippen molar-refractivity contribution in [3.8, 4) is 5.75 Å². The van der Waals surface area contributed by atoms with Crippen LogP contribution >= 0.6 is 11.6 Å². The van der Waals surface area contributed by atoms with Crippen LogP contribution in [0.25, 0.3) is 0 Å². The maximum Gasteiger partial charge on any atom is 0.326 e. The Bertz CT molecular complexity index is 685. The predicted octanol–water partition coefficient (Wildman–Crippen LogP) is 2.52. The monoisotopic (exact) mass is 380 g/mol. The summed E-state index contributed by atoms with van der Waals surface area (Å²) < 4.78 is 10.5. The van der Waals surface area contributed by atoms with E-state index in [4.69, 9.17) is 21.1 Å². The van der Waals surface area contributed by atoms with Gasteiger partial charge in [-0.05, 0) is 37.1 Å². The number of urea groups is 1. The van der Waals surface area contributed by atoms with Gasteiger partial charge in [0.05, 0.1) is 0 Å². The molecule has 1 aromatic rings. The zero-order valence-corrected chi connectivity index (χ0v) is 15.1. The Kier molecular flexibility index (Phi) is 5.66. The highest BCUT2D eigenvalue weighted by molar-refractivity contribution is 6.30. The van der Waals surface area contributed by atoms with Crippen molar-refractivity contribution in [2.75, 3.05) is 19.8 Å². The van der Waals surface area contributed by atoms with Gasteiger partial charge in [0, 0.05) is 5.02 Å². The molecule has 1 aromatic carbocycles. The fraction of sp³-hybridized carbons (Fsp3) is 0.500. The van der Waals surface area contributed by atoms with Crippen LogP contribution in [0.15, 0.2) is 24.3 Å². The van der Waals surface area contributed by atoms with Crippen molar-refractivity contribution in [1.82, 2.24) is 10.2 Å². The molecule has 8 heteroatoms. The molecule has 1 saturated carbocycles. The Balaban J connectivity index is 1.43. The van der Waals surface area contributed by atoms with Gasteiger partial charge < -0.3 is 14.8 Å². The normalized spacial score (nSPS) is 18.7. The molecule has 1 aliphatic carbocycles. The Hall–Kier alpha value is -2.28. The third-order valence-corrected chi connectivity index (χ3v) is 4.92. The summed E-state index contributed by atoms with van der Waals surface area (Å²) in [5.74, 6) is -0.351. The van der Waals surface area contributed by atoms with E-state index in [1.165, 1.54) is 0 Å². The number of rotatable bonds is 6. The van der Waals surface area contributed by atoms with Gasteiger partial charge in [-0.3, -0.25) is 14.5 Å². The summed E-state index contributed by atoms with van der Waals surface area (Å²) >= 11 is 5.78. The Morgan fingerprint density at radius 1 is 1.12 bits per heavy atom. The molecule has 2 aliphatic rings. The lowest BCUT2D eigenvalue weighted by Gasteiger charge is -2.30. The summed E-state index contributed by atoms with van der Waals surface area (Å²) in [7, 11) is 0. The lowest BCUT2D eigenvalue weighted by atomic mass is 9.82. The first-order valence-electron chi connectivity index (χ1n) is 8.68. The molecule has 1 saturated heterocycles. The van der Waals surface area contributed by atoms with Crippen molar-refractivity contribution in [1.29, 1.82) is 0 Å². The maximum absolute atomic E-state index is 12.6. The summed E-state index contributed by atoms with van der Waals surface area (Å²) in [4.78, 5) is 37.6. The van der Waals surface area contributed by atoms with Gasteiger partial charge in [-0.1, -0.05) is 30.9 Å². The molecule has 0 unspecified atom stereocenters. The molecule has 7 nitrogen and oxygen atoms in total. The molecule has 0 atom stereocenters. The third-order valence-electron chi connectivity index (χ3n) is 4.67. The van der Waals surface area contributed by atoms with Gasteiger partial charge in [-0.15, -0.1) is 0 Å². The lowest BCUT2D eigenvalue weighted by molar-refractivity contribution is -0.148. The van der Waals surface area contributed by atoms with Crippen LogP contribution < -0.4 is 10.1 Å². The number of nitrogens with one attached hydrogen (secondary N) is 1. The standard InChI is InChI=1S/C18H21ClN2O5/c19-13-4-6-14(7-5-13)25-10-11-26-15(22)12-21-16(23)18(20-17(21)24)8-2-1-3-9-18/h4-7H,1-3,8-12H2,(H,20,24). The molecule has 0 bridgehead atoms. The number of esters is 1. The van der Waals surface area contributed by atoms with E-state index in [2.05, 4.69) is 5.32 Å². The highest BCUT2D eigenvalue weighted by atomic mass is 35.5. The SMILES string of the molecule is O=C(CN1C(=O)NC2(CCCCC2)C1=O)OCCOc1ccc(Cl)cc1. The summed E-state index contributed by atoms with van der Waals surface area (Å²) in [5, 5.41) is 3.37. The topological polar surface area (TPSA) is 84.9 Å². The number of halogens is 1. The smallest absolute Gasteiger partial charge is 0.326 e. The number of ether oxygens (including phenoxy) is 2. The minimum absolute atomic E-state index is 0.0241. The number of carbonyl (C=O) groups excluding carboxylic acids is 3. The van der Waals surface area contributed by atoms with Crippen LogP contribution in [0.1, 0.15) is 32.1 Å². The molecule has 2 fully saturated rings. The van der Waals surface area contributed by atoms with Crippen LogP contribution in [-0.2, 0) is 14.3 Å². The molecule has 1 N–H and O–H groups in total. The van der Waals surface area contributed by atoms with E-state index in [1.54, 1.807) is 24.3 Å². The van der Waals surface area contributed by atoms with E-state index in [0.29, 0.717) is 23.6 Å². The number of nitrogens with zero attached hydrogens (tertiary/aromatic N) is 1. The Morgan fingerprint density at radius 3 is 2.50 bits per heavy atom. The zero-order valence-electron chi connectivity index (χ0n) is 14.3. The first-order valence-corrected chi connectivity index (χ1v) is 9.06. The van der Waals surface area contributed by atoms with E-state index < -0.39 is 17.5 Å². The fourth-order valence-corrected chi connectivity index (χ4v) is 3.46. The van der Waals surface area contributed by atoms with Gasteiger partial charge in [0.1, 0.15) is 31.0 Å². The van der Waals surface area contributed by atoms with Crippen molar-refractivity contribution in [3.63, 3.8) is 0 Å². The summed E-state index contributed by atoms with van der Waals surface area (Å²) in [6, 6.07) is 6.29. The highest BCUT2D eigenvalue weighted by Gasteiger charge is 2.51. The van der Waals surface area contributed by atoms with Crippen LogP contribution in [0, 0.1) is 0 Å². The molecule has 3 amide bonds. The van der Waals surface area contributed by atoms with E-state index >= 15 is 0 Å². The van der Waals surface area contributed by atoms with Crippen LogP contribution in [0.4, 0.5) is 4.79 Å².